The number of terminal acetylenes is 4. The summed E-state index contributed by atoms with van der Waals surface area (Å²) in [6.45, 7) is 25.9. The van der Waals surface area contributed by atoms with E-state index in [1.807, 2.05) is 24.0 Å². The van der Waals surface area contributed by atoms with Crippen LogP contribution in [-0.2, 0) is 4.79 Å². The molecule has 1 aromatic carbocycles. The molecule has 8 atom stereocenters. The Morgan fingerprint density at radius 3 is 1.93 bits per heavy atom. The van der Waals surface area contributed by atoms with Crippen LogP contribution in [0, 0.1) is 96.7 Å². The zero-order chi connectivity index (χ0) is 44.1. The van der Waals surface area contributed by atoms with E-state index >= 15 is 0 Å². The molecule has 1 amide bonds. The van der Waals surface area contributed by atoms with Gasteiger partial charge in [-0.05, 0) is 133 Å². The van der Waals surface area contributed by atoms with Crippen molar-refractivity contribution in [2.24, 2.45) is 45.3 Å². The Bertz CT molecular complexity index is 1620. The third-order valence-electron chi connectivity index (χ3n) is 16.1. The van der Waals surface area contributed by atoms with Crippen LogP contribution in [0.5, 0.6) is 0 Å². The first-order valence-electron chi connectivity index (χ1n) is 21.3. The van der Waals surface area contributed by atoms with E-state index in [1.165, 1.54) is 68.9 Å². The zero-order valence-electron chi connectivity index (χ0n) is 37.1. The normalized spacial score (nSPS) is 33.8. The molecule has 3 unspecified atom stereocenters. The molecule has 2 N–H and O–H groups in total. The number of carbonyl (C=O) groups is 2. The number of amides is 1. The van der Waals surface area contributed by atoms with E-state index in [4.69, 9.17) is 0 Å². The van der Waals surface area contributed by atoms with Gasteiger partial charge in [0.1, 0.15) is 0 Å². The van der Waals surface area contributed by atoms with Gasteiger partial charge in [0.2, 0.25) is 5.91 Å². The van der Waals surface area contributed by atoms with E-state index in [-0.39, 0.29) is 16.7 Å². The smallest absolute Gasteiger partial charge is 0.335 e. The minimum Gasteiger partial charge on any atom is -0.478 e. The fourth-order valence-electron chi connectivity index (χ4n) is 13.5. The van der Waals surface area contributed by atoms with Gasteiger partial charge in [-0.2, -0.15) is 0 Å². The number of hydrogen-bond acceptors (Lipinski definition) is 4. The monoisotopic (exact) mass is 790 g/mol. The number of fused-ring (bicyclic) bond motifs is 7. The lowest BCUT2D eigenvalue weighted by molar-refractivity contribution is -0.217. The number of hydrogen-bond donors (Lipinski definition) is 2. The molecule has 0 spiro atoms. The summed E-state index contributed by atoms with van der Waals surface area (Å²) < 4.78 is 0. The number of piperazine rings is 1. The van der Waals surface area contributed by atoms with Gasteiger partial charge in [-0.3, -0.25) is 9.69 Å². The highest BCUT2D eigenvalue weighted by molar-refractivity contribution is 5.88. The SMILES string of the molecule is C#C.C#C.C#C.C#C.C=CC.CC(=O)N1CCN(CCN[C@]23CCCC2[C@H]2CCC4[C@@]5(C)CC=C(c6ccc(C(=O)O)cc6)C(C)(C)C5CC[C@@]4(C)[C@]2(C)CC3)CC1. The van der Waals surface area contributed by atoms with Crippen LogP contribution in [0.3, 0.4) is 0 Å². The molecule has 4 saturated carbocycles. The van der Waals surface area contributed by atoms with Crippen molar-refractivity contribution in [3.8, 4) is 51.4 Å². The quantitative estimate of drug-likeness (QED) is 0.222. The Balaban J connectivity index is 0.000000969. The Kier molecular flexibility index (Phi) is 18.2. The summed E-state index contributed by atoms with van der Waals surface area (Å²) in [4.78, 5) is 27.9. The fourth-order valence-corrected chi connectivity index (χ4v) is 13.5. The third kappa shape index (κ3) is 9.16. The standard InChI is InChI=1S/C41H61N3O3.C3H6.4C2H2/c1-28(45)44-26-24-43(25-27-44)23-22-42-41-17-7-8-33(41)32-13-14-35-38(4)18-15-31(29-9-11-30(12-10-29)36(46)47)37(2,3)34(38)16-19-40(35,6)39(32,5)20-21-41;1-3-2;4*1-2/h9-12,15,32-35,42H,7-8,13-14,16-27H2,1-6H3,(H,46,47);3H,1H2,2H3;4*1-2H/t32-,33?,34?,35?,38+,39-,40-,41+;;;;;/m1...../s1. The van der Waals surface area contributed by atoms with Gasteiger partial charge in [0.05, 0.1) is 5.56 Å². The van der Waals surface area contributed by atoms with Gasteiger partial charge in [-0.15, -0.1) is 58.0 Å². The van der Waals surface area contributed by atoms with E-state index in [9.17, 15) is 14.7 Å². The average molecular weight is 790 g/mol. The van der Waals surface area contributed by atoms with Gasteiger partial charge in [0.15, 0.2) is 0 Å². The van der Waals surface area contributed by atoms with Crippen LogP contribution < -0.4 is 5.32 Å². The third-order valence-corrected chi connectivity index (χ3v) is 16.1. The molecular weight excluding hydrogens is 715 g/mol. The molecule has 1 aromatic rings. The first-order valence-corrected chi connectivity index (χ1v) is 21.3. The molecule has 1 aliphatic heterocycles. The van der Waals surface area contributed by atoms with Crippen LogP contribution in [0.2, 0.25) is 0 Å². The van der Waals surface area contributed by atoms with E-state index in [2.05, 4.69) is 109 Å². The molecule has 1 heterocycles. The van der Waals surface area contributed by atoms with Gasteiger partial charge in [0, 0.05) is 51.7 Å². The number of nitrogens with one attached hydrogen (secondary N) is 1. The van der Waals surface area contributed by atoms with Crippen molar-refractivity contribution < 1.29 is 14.7 Å². The van der Waals surface area contributed by atoms with E-state index in [0.717, 1.165) is 63.4 Å². The molecule has 0 radical (unpaired) electrons. The summed E-state index contributed by atoms with van der Waals surface area (Å²) in [7, 11) is 0. The lowest BCUT2D eigenvalue weighted by Crippen LogP contribution is -2.67. The molecular formula is C52H75N3O3. The van der Waals surface area contributed by atoms with Crippen LogP contribution in [0.25, 0.3) is 5.57 Å². The maximum Gasteiger partial charge on any atom is 0.335 e. The van der Waals surface area contributed by atoms with E-state index < -0.39 is 5.97 Å². The minimum absolute atomic E-state index is 0.0482. The number of carbonyl (C=O) groups excluding carboxylic acids is 1. The topological polar surface area (TPSA) is 72.9 Å². The first kappa shape index (κ1) is 49.9. The van der Waals surface area contributed by atoms with Crippen molar-refractivity contribution in [2.75, 3.05) is 39.3 Å². The maximum absolute atomic E-state index is 11.8. The molecule has 5 fully saturated rings. The highest BCUT2D eigenvalue weighted by Crippen LogP contribution is 2.76. The second-order valence-corrected chi connectivity index (χ2v) is 18.4. The predicted octanol–water partition coefficient (Wildman–Crippen LogP) is 9.93. The number of allylic oxidation sites excluding steroid dienone is 3. The summed E-state index contributed by atoms with van der Waals surface area (Å²) >= 11 is 0. The number of rotatable bonds is 6. The Labute approximate surface area is 354 Å². The Morgan fingerprint density at radius 2 is 1.38 bits per heavy atom. The molecule has 1 saturated heterocycles. The minimum atomic E-state index is -0.856. The Morgan fingerprint density at radius 1 is 0.793 bits per heavy atom. The van der Waals surface area contributed by atoms with Crippen LogP contribution in [0.1, 0.15) is 129 Å². The zero-order valence-corrected chi connectivity index (χ0v) is 37.1. The first-order chi connectivity index (χ1) is 27.7. The van der Waals surface area contributed by atoms with Crippen LogP contribution in [-0.4, -0.2) is 71.6 Å². The van der Waals surface area contributed by atoms with E-state index in [1.54, 1.807) is 25.1 Å². The lowest BCUT2D eigenvalue weighted by atomic mass is 9.33. The molecule has 316 valence electrons. The molecule has 7 rings (SSSR count). The number of carboxylic acid groups (broad SMARTS) is 1. The summed E-state index contributed by atoms with van der Waals surface area (Å²) in [6, 6.07) is 7.63. The maximum atomic E-state index is 11.8. The van der Waals surface area contributed by atoms with Crippen LogP contribution in [0.15, 0.2) is 43.0 Å². The molecule has 6 aliphatic rings. The largest absolute Gasteiger partial charge is 0.478 e. The van der Waals surface area contributed by atoms with Crippen molar-refractivity contribution >= 4 is 17.4 Å². The highest BCUT2D eigenvalue weighted by atomic mass is 16.4. The molecule has 0 aromatic heterocycles. The predicted molar refractivity (Wildman–Crippen MR) is 244 cm³/mol. The number of aromatic carboxylic acids is 1. The average Bonchev–Trinajstić information content (AvgIpc) is 3.66. The molecule has 6 heteroatoms. The second kappa shape index (κ2) is 21.2. The van der Waals surface area contributed by atoms with Crippen molar-refractivity contribution in [3.05, 3.63) is 54.1 Å². The molecule has 6 nitrogen and oxygen atoms in total. The summed E-state index contributed by atoms with van der Waals surface area (Å²) in [5.41, 5.74) is 4.36. The fraction of sp³-hybridized carbons (Fsp3) is 0.615. The number of nitrogens with zero attached hydrogens (tertiary/aromatic N) is 2. The van der Waals surface area contributed by atoms with Gasteiger partial charge < -0.3 is 15.3 Å². The van der Waals surface area contributed by atoms with Crippen molar-refractivity contribution in [1.29, 1.82) is 0 Å². The summed E-state index contributed by atoms with van der Waals surface area (Å²) in [5, 5.41) is 13.7. The second-order valence-electron chi connectivity index (χ2n) is 18.4. The number of carboxylic acids is 1. The summed E-state index contributed by atoms with van der Waals surface area (Å²) in [5.74, 6) is 2.32. The lowest BCUT2D eigenvalue weighted by Gasteiger charge is -2.72. The molecule has 0 bridgehead atoms. The van der Waals surface area contributed by atoms with Gasteiger partial charge in [-0.1, -0.05) is 65.3 Å². The van der Waals surface area contributed by atoms with Gasteiger partial charge in [0.25, 0.3) is 0 Å². The van der Waals surface area contributed by atoms with Gasteiger partial charge >= 0.3 is 5.97 Å². The Hall–Kier alpha value is -4.20. The van der Waals surface area contributed by atoms with Crippen molar-refractivity contribution in [3.63, 3.8) is 0 Å². The van der Waals surface area contributed by atoms with E-state index in [0.29, 0.717) is 27.9 Å². The van der Waals surface area contributed by atoms with Gasteiger partial charge in [-0.25, -0.2) is 4.79 Å². The van der Waals surface area contributed by atoms with Crippen LogP contribution in [0.4, 0.5) is 0 Å². The van der Waals surface area contributed by atoms with Crippen LogP contribution >= 0.6 is 0 Å². The molecule has 58 heavy (non-hydrogen) atoms. The summed E-state index contributed by atoms with van der Waals surface area (Å²) in [6.07, 6.45) is 49.6. The number of benzene rings is 1. The highest BCUT2D eigenvalue weighted by Gasteiger charge is 2.69. The molecule has 5 aliphatic carbocycles. The van der Waals surface area contributed by atoms with Crippen molar-refractivity contribution in [1.82, 2.24) is 15.1 Å². The van der Waals surface area contributed by atoms with Crippen molar-refractivity contribution in [2.45, 2.75) is 118 Å².